The molecular weight excluding hydrogens is 393 g/mol. The molecular formula is C19H20ClF3N4O. The van der Waals surface area contributed by atoms with Crippen molar-refractivity contribution < 1.29 is 18.0 Å². The lowest BCUT2D eigenvalue weighted by Crippen LogP contribution is -2.52. The number of carbonyl (C=O) groups excluding carboxylic acids is 1. The highest BCUT2D eigenvalue weighted by Crippen LogP contribution is 2.30. The largest absolute Gasteiger partial charge is 0.417 e. The summed E-state index contributed by atoms with van der Waals surface area (Å²) >= 11 is 6.13. The van der Waals surface area contributed by atoms with Gasteiger partial charge in [0.2, 0.25) is 0 Å². The maximum Gasteiger partial charge on any atom is 0.417 e. The smallest absolute Gasteiger partial charge is 0.365 e. The molecule has 1 aliphatic rings. The minimum absolute atomic E-state index is 0.140. The number of nitrogens with one attached hydrogen (secondary N) is 1. The van der Waals surface area contributed by atoms with Gasteiger partial charge in [0.1, 0.15) is 11.0 Å². The molecule has 1 saturated heterocycles. The van der Waals surface area contributed by atoms with Crippen LogP contribution in [0.5, 0.6) is 0 Å². The van der Waals surface area contributed by atoms with E-state index in [0.717, 1.165) is 30.8 Å². The molecule has 0 aliphatic carbocycles. The fraction of sp³-hybridized carbons (Fsp3) is 0.421. The van der Waals surface area contributed by atoms with Crippen LogP contribution in [-0.4, -0.2) is 39.4 Å². The summed E-state index contributed by atoms with van der Waals surface area (Å²) in [6, 6.07) is 5.35. The lowest BCUT2D eigenvalue weighted by atomic mass is 9.96. The summed E-state index contributed by atoms with van der Waals surface area (Å²) < 4.78 is 38.0. The number of likely N-dealkylation sites (tertiary alicyclic amines) is 1. The van der Waals surface area contributed by atoms with Crippen LogP contribution in [0.4, 0.5) is 19.0 Å². The highest BCUT2D eigenvalue weighted by atomic mass is 35.5. The molecule has 0 aromatic carbocycles. The first kappa shape index (κ1) is 20.4. The summed E-state index contributed by atoms with van der Waals surface area (Å²) in [4.78, 5) is 22.6. The van der Waals surface area contributed by atoms with Gasteiger partial charge in [-0.05, 0) is 51.0 Å². The molecule has 28 heavy (non-hydrogen) atoms. The van der Waals surface area contributed by atoms with E-state index < -0.39 is 11.7 Å². The van der Waals surface area contributed by atoms with Crippen LogP contribution in [0.25, 0.3) is 0 Å². The maximum atomic E-state index is 12.9. The summed E-state index contributed by atoms with van der Waals surface area (Å²) in [5, 5.41) is 3.31. The number of halogens is 4. The number of anilines is 1. The topological polar surface area (TPSA) is 58.1 Å². The van der Waals surface area contributed by atoms with Gasteiger partial charge in [0.05, 0.1) is 11.1 Å². The number of carbonyl (C=O) groups is 1. The first-order valence-electron chi connectivity index (χ1n) is 8.90. The summed E-state index contributed by atoms with van der Waals surface area (Å²) in [7, 11) is 0. The van der Waals surface area contributed by atoms with E-state index in [-0.39, 0.29) is 23.1 Å². The molecule has 2 atom stereocenters. The molecule has 0 radical (unpaired) electrons. The van der Waals surface area contributed by atoms with Crippen molar-refractivity contribution in [3.05, 3.63) is 52.4 Å². The molecule has 1 fully saturated rings. The second-order valence-corrected chi connectivity index (χ2v) is 7.21. The number of hydrogen-bond acceptors (Lipinski definition) is 4. The normalized spacial score (nSPS) is 20.1. The van der Waals surface area contributed by atoms with Gasteiger partial charge in [-0.15, -0.1) is 0 Å². The molecule has 2 aromatic rings. The number of piperidine rings is 1. The number of alkyl halides is 3. The molecule has 0 unspecified atom stereocenters. The lowest BCUT2D eigenvalue weighted by molar-refractivity contribution is -0.137. The molecule has 150 valence electrons. The second kappa shape index (κ2) is 7.95. The Morgan fingerprint density at radius 2 is 2.04 bits per heavy atom. The van der Waals surface area contributed by atoms with Crippen molar-refractivity contribution in [1.29, 1.82) is 0 Å². The van der Waals surface area contributed by atoms with Crippen molar-refractivity contribution in [2.75, 3.05) is 11.9 Å². The first-order valence-corrected chi connectivity index (χ1v) is 9.28. The van der Waals surface area contributed by atoms with Gasteiger partial charge in [0.25, 0.3) is 5.91 Å². The molecule has 1 aliphatic heterocycles. The maximum absolute atomic E-state index is 12.9. The Bertz CT molecular complexity index is 857. The predicted octanol–water partition coefficient (Wildman–Crippen LogP) is 4.56. The third-order valence-corrected chi connectivity index (χ3v) is 5.18. The van der Waals surface area contributed by atoms with Crippen molar-refractivity contribution >= 4 is 23.3 Å². The van der Waals surface area contributed by atoms with Gasteiger partial charge in [0.15, 0.2) is 0 Å². The van der Waals surface area contributed by atoms with Crippen molar-refractivity contribution in [3.63, 3.8) is 0 Å². The third-order valence-electron chi connectivity index (χ3n) is 4.89. The van der Waals surface area contributed by atoms with Crippen LogP contribution in [-0.2, 0) is 6.18 Å². The van der Waals surface area contributed by atoms with Gasteiger partial charge in [-0.3, -0.25) is 4.79 Å². The summed E-state index contributed by atoms with van der Waals surface area (Å²) in [5.41, 5.74) is 0.265. The zero-order chi connectivity index (χ0) is 20.5. The van der Waals surface area contributed by atoms with E-state index in [9.17, 15) is 18.0 Å². The molecule has 0 bridgehead atoms. The van der Waals surface area contributed by atoms with Gasteiger partial charge in [-0.2, -0.15) is 13.2 Å². The van der Waals surface area contributed by atoms with Crippen LogP contribution in [0.1, 0.15) is 41.4 Å². The molecule has 0 saturated carbocycles. The standard InChI is InChI=1S/C19H20ClF3N4O/c1-11-5-7-14(17(20)25-11)18(28)27-9-3-4-15(12(27)2)26-16-8-6-13(10-24-16)19(21,22)23/h5-8,10,12,15H,3-4,9H2,1-2H3,(H,24,26)/t12-,15+/m0/s1. The van der Waals surface area contributed by atoms with E-state index in [4.69, 9.17) is 11.6 Å². The van der Waals surface area contributed by atoms with E-state index in [1.165, 1.54) is 6.07 Å². The van der Waals surface area contributed by atoms with Crippen molar-refractivity contribution in [2.45, 2.75) is 44.9 Å². The number of aromatic nitrogens is 2. The molecule has 0 spiro atoms. The van der Waals surface area contributed by atoms with E-state index in [0.29, 0.717) is 17.9 Å². The van der Waals surface area contributed by atoms with Crippen LogP contribution >= 0.6 is 11.6 Å². The number of rotatable bonds is 3. The van der Waals surface area contributed by atoms with Crippen LogP contribution < -0.4 is 5.32 Å². The van der Waals surface area contributed by atoms with Crippen molar-refractivity contribution in [1.82, 2.24) is 14.9 Å². The molecule has 1 N–H and O–H groups in total. The SMILES string of the molecule is Cc1ccc(C(=O)N2CCC[C@@H](Nc3ccc(C(F)(F)F)cn3)[C@@H]2C)c(Cl)n1. The van der Waals surface area contributed by atoms with E-state index in [2.05, 4.69) is 15.3 Å². The van der Waals surface area contributed by atoms with Crippen molar-refractivity contribution in [3.8, 4) is 0 Å². The minimum atomic E-state index is -4.42. The summed E-state index contributed by atoms with van der Waals surface area (Å²) in [5.74, 6) is 0.131. The van der Waals surface area contributed by atoms with Gasteiger partial charge in [-0.25, -0.2) is 9.97 Å². The number of nitrogens with zero attached hydrogens (tertiary/aromatic N) is 3. The van der Waals surface area contributed by atoms with Crippen LogP contribution in [0, 0.1) is 6.92 Å². The molecule has 3 rings (SSSR count). The average molecular weight is 413 g/mol. The van der Waals surface area contributed by atoms with Gasteiger partial charge >= 0.3 is 6.18 Å². The minimum Gasteiger partial charge on any atom is -0.365 e. The molecule has 3 heterocycles. The first-order chi connectivity index (χ1) is 13.2. The van der Waals surface area contributed by atoms with E-state index in [1.54, 1.807) is 24.0 Å². The zero-order valence-corrected chi connectivity index (χ0v) is 16.2. The van der Waals surface area contributed by atoms with Gasteiger partial charge < -0.3 is 10.2 Å². The second-order valence-electron chi connectivity index (χ2n) is 6.85. The Labute approximate surface area is 165 Å². The Morgan fingerprint density at radius 3 is 2.64 bits per heavy atom. The van der Waals surface area contributed by atoms with E-state index in [1.807, 2.05) is 6.92 Å². The quantitative estimate of drug-likeness (QED) is 0.751. The Kier molecular flexibility index (Phi) is 5.79. The summed E-state index contributed by atoms with van der Waals surface area (Å²) in [6.07, 6.45) is -2.09. The number of pyridine rings is 2. The highest BCUT2D eigenvalue weighted by molar-refractivity contribution is 6.32. The van der Waals surface area contributed by atoms with Crippen LogP contribution in [0.3, 0.4) is 0 Å². The number of amides is 1. The Hall–Kier alpha value is -2.35. The highest BCUT2D eigenvalue weighted by Gasteiger charge is 2.33. The molecule has 5 nitrogen and oxygen atoms in total. The predicted molar refractivity (Wildman–Crippen MR) is 100 cm³/mol. The summed E-state index contributed by atoms with van der Waals surface area (Å²) in [6.45, 7) is 4.26. The van der Waals surface area contributed by atoms with E-state index >= 15 is 0 Å². The van der Waals surface area contributed by atoms with Crippen LogP contribution in [0.2, 0.25) is 5.15 Å². The molecule has 1 amide bonds. The Balaban J connectivity index is 1.73. The van der Waals surface area contributed by atoms with Gasteiger partial charge in [-0.1, -0.05) is 11.6 Å². The van der Waals surface area contributed by atoms with Gasteiger partial charge in [0, 0.05) is 30.5 Å². The fourth-order valence-corrected chi connectivity index (χ4v) is 3.58. The zero-order valence-electron chi connectivity index (χ0n) is 15.4. The third kappa shape index (κ3) is 4.38. The monoisotopic (exact) mass is 412 g/mol. The average Bonchev–Trinajstić information content (AvgIpc) is 2.63. The van der Waals surface area contributed by atoms with Crippen LogP contribution in [0.15, 0.2) is 30.5 Å². The molecule has 2 aromatic heterocycles. The fourth-order valence-electron chi connectivity index (χ4n) is 3.30. The molecule has 9 heteroatoms. The van der Waals surface area contributed by atoms with Crippen molar-refractivity contribution in [2.24, 2.45) is 0 Å². The lowest BCUT2D eigenvalue weighted by Gasteiger charge is -2.40. The Morgan fingerprint density at radius 1 is 1.29 bits per heavy atom. The number of aryl methyl sites for hydroxylation is 1. The number of hydrogen-bond donors (Lipinski definition) is 1.